The van der Waals surface area contributed by atoms with Crippen LogP contribution in [0.4, 0.5) is 14.5 Å². The van der Waals surface area contributed by atoms with E-state index in [0.29, 0.717) is 16.9 Å². The predicted molar refractivity (Wildman–Crippen MR) is 104 cm³/mol. The summed E-state index contributed by atoms with van der Waals surface area (Å²) in [5.74, 6) is 1.83. The summed E-state index contributed by atoms with van der Waals surface area (Å²) in [7, 11) is -4.70. The van der Waals surface area contributed by atoms with Crippen molar-refractivity contribution in [2.75, 3.05) is 5.32 Å². The van der Waals surface area contributed by atoms with Crippen molar-refractivity contribution in [3.63, 3.8) is 0 Å². The van der Waals surface area contributed by atoms with E-state index in [4.69, 9.17) is 0 Å². The van der Waals surface area contributed by atoms with Gasteiger partial charge in [0.05, 0.1) is 4.90 Å². The third kappa shape index (κ3) is 5.03. The number of hydrogen-bond acceptors (Lipinski definition) is 4. The molecule has 0 saturated heterocycles. The third-order valence-corrected chi connectivity index (χ3v) is 5.20. The average Bonchev–Trinajstić information content (AvgIpc) is 2.73. The van der Waals surface area contributed by atoms with Crippen LogP contribution in [0.1, 0.15) is 21.6 Å². The number of carbonyl (C=O) groups excluding carboxylic acids is 1. The molecule has 29 heavy (non-hydrogen) atoms. The number of rotatable bonds is 4. The fraction of sp³-hybridized carbons (Fsp3) is 0.0476. The molecule has 8 heteroatoms. The normalized spacial score (nSPS) is 10.9. The van der Waals surface area contributed by atoms with Gasteiger partial charge in [0, 0.05) is 23.0 Å². The van der Waals surface area contributed by atoms with E-state index < -0.39 is 26.4 Å². The number of hydrogen-bond donors (Lipinski definition) is 1. The summed E-state index contributed by atoms with van der Waals surface area (Å²) in [6.07, 6.45) is 1.64. The first-order valence-electron chi connectivity index (χ1n) is 8.33. The zero-order valence-electron chi connectivity index (χ0n) is 14.8. The van der Waals surface area contributed by atoms with E-state index in [1.807, 2.05) is 6.07 Å². The lowest BCUT2D eigenvalue weighted by Crippen LogP contribution is -2.14. The number of sulfone groups is 1. The van der Waals surface area contributed by atoms with E-state index in [0.717, 1.165) is 12.1 Å². The summed E-state index contributed by atoms with van der Waals surface area (Å²) in [5.41, 5.74) is 1.88. The van der Waals surface area contributed by atoms with Gasteiger partial charge in [0.25, 0.3) is 5.91 Å². The molecule has 0 aliphatic heterocycles. The fourth-order valence-corrected chi connectivity index (χ4v) is 3.07. The Kier molecular flexibility index (Phi) is 6.00. The quantitative estimate of drug-likeness (QED) is 0.663. The molecule has 1 amide bonds. The highest BCUT2D eigenvalue weighted by Crippen LogP contribution is 2.19. The second-order valence-electron chi connectivity index (χ2n) is 5.83. The molecule has 1 N–H and O–H groups in total. The molecule has 1 heterocycles. The minimum Gasteiger partial charge on any atom is -0.322 e. The summed E-state index contributed by atoms with van der Waals surface area (Å²) in [6, 6.07) is 16.5. The van der Waals surface area contributed by atoms with Gasteiger partial charge in [0.15, 0.2) is 0 Å². The lowest BCUT2D eigenvalue weighted by atomic mass is 10.1. The molecule has 0 bridgehead atoms. The van der Waals surface area contributed by atoms with E-state index in [9.17, 15) is 22.0 Å². The zero-order valence-corrected chi connectivity index (χ0v) is 15.7. The monoisotopic (exact) mass is 412 g/mol. The van der Waals surface area contributed by atoms with Gasteiger partial charge >= 0.3 is 5.76 Å². The van der Waals surface area contributed by atoms with E-state index in [2.05, 4.69) is 22.1 Å². The number of halogens is 2. The summed E-state index contributed by atoms with van der Waals surface area (Å²) in [5, 5.41) is 2.66. The number of benzene rings is 2. The van der Waals surface area contributed by atoms with E-state index in [1.54, 1.807) is 42.6 Å². The first-order valence-corrected chi connectivity index (χ1v) is 9.87. The minimum absolute atomic E-state index is 0.128. The van der Waals surface area contributed by atoms with Crippen LogP contribution < -0.4 is 5.32 Å². The van der Waals surface area contributed by atoms with Gasteiger partial charge in [0.1, 0.15) is 5.69 Å². The highest BCUT2D eigenvalue weighted by molar-refractivity contribution is 7.91. The van der Waals surface area contributed by atoms with Crippen LogP contribution in [0.2, 0.25) is 0 Å². The molecule has 5 nitrogen and oxygen atoms in total. The van der Waals surface area contributed by atoms with Crippen molar-refractivity contribution in [3.05, 3.63) is 89.7 Å². The van der Waals surface area contributed by atoms with Crippen LogP contribution in [-0.2, 0) is 9.84 Å². The molecule has 0 aliphatic carbocycles. The largest absolute Gasteiger partial charge is 0.341 e. The van der Waals surface area contributed by atoms with Crippen molar-refractivity contribution < 1.29 is 22.0 Å². The molecule has 3 rings (SSSR count). The Morgan fingerprint density at radius 3 is 2.38 bits per heavy atom. The summed E-state index contributed by atoms with van der Waals surface area (Å²) in [4.78, 5) is 15.9. The molecule has 0 aliphatic rings. The van der Waals surface area contributed by atoms with Crippen molar-refractivity contribution in [2.24, 2.45) is 0 Å². The summed E-state index contributed by atoms with van der Waals surface area (Å²) >= 11 is 0. The van der Waals surface area contributed by atoms with Crippen LogP contribution >= 0.6 is 0 Å². The molecule has 0 saturated carbocycles. The second kappa shape index (κ2) is 8.63. The summed E-state index contributed by atoms with van der Waals surface area (Å²) in [6.45, 7) is 0. The smallest absolute Gasteiger partial charge is 0.322 e. The van der Waals surface area contributed by atoms with Crippen molar-refractivity contribution >= 4 is 21.4 Å². The first kappa shape index (κ1) is 20.2. The Morgan fingerprint density at radius 1 is 0.966 bits per heavy atom. The Balaban J connectivity index is 1.74. The Morgan fingerprint density at radius 2 is 1.72 bits per heavy atom. The third-order valence-electron chi connectivity index (χ3n) is 3.80. The molecule has 0 unspecified atom stereocenters. The lowest BCUT2D eigenvalue weighted by Gasteiger charge is -2.07. The van der Waals surface area contributed by atoms with Crippen molar-refractivity contribution in [3.8, 4) is 11.8 Å². The molecule has 2 aromatic carbocycles. The van der Waals surface area contributed by atoms with Gasteiger partial charge in [-0.1, -0.05) is 18.1 Å². The van der Waals surface area contributed by atoms with Gasteiger partial charge in [-0.25, -0.2) is 13.4 Å². The Labute approximate surface area is 166 Å². The van der Waals surface area contributed by atoms with Crippen LogP contribution in [0.5, 0.6) is 0 Å². The van der Waals surface area contributed by atoms with Gasteiger partial charge in [-0.15, -0.1) is 0 Å². The topological polar surface area (TPSA) is 76.1 Å². The number of amides is 1. The predicted octanol–water partition coefficient (Wildman–Crippen LogP) is 3.73. The van der Waals surface area contributed by atoms with Crippen LogP contribution in [0.15, 0.2) is 77.8 Å². The number of pyridine rings is 1. The van der Waals surface area contributed by atoms with Crippen LogP contribution in [0.3, 0.4) is 0 Å². The number of aromatic nitrogens is 1. The van der Waals surface area contributed by atoms with Crippen molar-refractivity contribution in [1.29, 1.82) is 0 Å². The lowest BCUT2D eigenvalue weighted by molar-refractivity contribution is 0.102. The zero-order chi connectivity index (χ0) is 20.9. The number of nitrogens with zero attached hydrogens (tertiary/aromatic N) is 1. The van der Waals surface area contributed by atoms with E-state index in [-0.39, 0.29) is 5.56 Å². The molecule has 1 aromatic heterocycles. The van der Waals surface area contributed by atoms with Gasteiger partial charge in [-0.3, -0.25) is 4.79 Å². The summed E-state index contributed by atoms with van der Waals surface area (Å²) < 4.78 is 48.0. The van der Waals surface area contributed by atoms with Crippen molar-refractivity contribution in [1.82, 2.24) is 4.98 Å². The number of nitrogens with one attached hydrogen (secondary N) is 1. The number of carbonyl (C=O) groups is 1. The Bertz CT molecular complexity index is 1180. The molecule has 0 radical (unpaired) electrons. The second-order valence-corrected chi connectivity index (χ2v) is 7.75. The van der Waals surface area contributed by atoms with Crippen LogP contribution in [0.25, 0.3) is 0 Å². The van der Waals surface area contributed by atoms with E-state index in [1.165, 1.54) is 12.1 Å². The van der Waals surface area contributed by atoms with Gasteiger partial charge < -0.3 is 5.32 Å². The van der Waals surface area contributed by atoms with Gasteiger partial charge in [0.2, 0.25) is 9.84 Å². The number of alkyl halides is 2. The SMILES string of the molecule is O=C(Nc1cccc(C#Cc2ccccn2)c1)c1ccc(S(=O)(=O)C(F)F)cc1. The molecular formula is C21H14F2N2O3S. The highest BCUT2D eigenvalue weighted by Gasteiger charge is 2.26. The molecule has 0 fully saturated rings. The maximum absolute atomic E-state index is 12.6. The van der Waals surface area contributed by atoms with Gasteiger partial charge in [-0.05, 0) is 60.5 Å². The van der Waals surface area contributed by atoms with Crippen LogP contribution in [0, 0.1) is 11.8 Å². The van der Waals surface area contributed by atoms with Crippen molar-refractivity contribution in [2.45, 2.75) is 10.7 Å². The maximum Gasteiger partial charge on any atom is 0.341 e. The number of anilines is 1. The molecule has 146 valence electrons. The molecule has 0 atom stereocenters. The van der Waals surface area contributed by atoms with E-state index >= 15 is 0 Å². The molecule has 3 aromatic rings. The fourth-order valence-electron chi connectivity index (χ4n) is 2.35. The molecular weight excluding hydrogens is 398 g/mol. The average molecular weight is 412 g/mol. The maximum atomic E-state index is 12.6. The minimum atomic E-state index is -4.70. The van der Waals surface area contributed by atoms with Gasteiger partial charge in [-0.2, -0.15) is 8.78 Å². The highest BCUT2D eigenvalue weighted by atomic mass is 32.2. The standard InChI is InChI=1S/C21H14F2N2O3S/c22-21(23)29(27,28)19-11-8-16(9-12-19)20(26)25-18-6-3-4-15(14-18)7-10-17-5-1-2-13-24-17/h1-6,8-9,11-14,21H,(H,25,26). The molecule has 0 spiro atoms. The van der Waals surface area contributed by atoms with Crippen LogP contribution in [-0.4, -0.2) is 25.1 Å². The first-order chi connectivity index (χ1) is 13.9. The Hall–Kier alpha value is -3.57.